The van der Waals surface area contributed by atoms with E-state index in [2.05, 4.69) is 23.1 Å². The molecule has 1 amide bonds. The van der Waals surface area contributed by atoms with E-state index in [1.165, 1.54) is 0 Å². The lowest BCUT2D eigenvalue weighted by Gasteiger charge is -2.36. The van der Waals surface area contributed by atoms with Crippen molar-refractivity contribution in [1.82, 2.24) is 4.90 Å². The summed E-state index contributed by atoms with van der Waals surface area (Å²) in [4.78, 5) is 17.8. The summed E-state index contributed by atoms with van der Waals surface area (Å²) >= 11 is 0. The van der Waals surface area contributed by atoms with Gasteiger partial charge in [0.05, 0.1) is 5.56 Å². The van der Waals surface area contributed by atoms with Gasteiger partial charge in [0.15, 0.2) is 0 Å². The molecule has 1 aliphatic heterocycles. The van der Waals surface area contributed by atoms with E-state index in [0.717, 1.165) is 45.9 Å². The molecule has 0 aliphatic carbocycles. The number of hydrogen-bond acceptors (Lipinski definition) is 3. The van der Waals surface area contributed by atoms with Crippen LogP contribution in [0, 0.1) is 0 Å². The third kappa shape index (κ3) is 3.17. The summed E-state index contributed by atoms with van der Waals surface area (Å²) in [5.74, 6) is 0.369. The number of nitrogens with zero attached hydrogens (tertiary/aromatic N) is 2. The van der Waals surface area contributed by atoms with Gasteiger partial charge in [0.25, 0.3) is 5.91 Å². The SMILES string of the molecule is O=C(c1c2ccccc2cc2ccccc12)N1CCN(c2ccc(O)cc2)CC1. The molecule has 0 unspecified atom stereocenters. The molecule has 1 N–H and O–H groups in total. The van der Waals surface area contributed by atoms with Crippen molar-refractivity contribution in [2.45, 2.75) is 0 Å². The number of fused-ring (bicyclic) bond motifs is 2. The van der Waals surface area contributed by atoms with E-state index in [4.69, 9.17) is 0 Å². The summed E-state index contributed by atoms with van der Waals surface area (Å²) in [6.07, 6.45) is 0. The van der Waals surface area contributed by atoms with Gasteiger partial charge in [0, 0.05) is 31.9 Å². The molecule has 1 saturated heterocycles. The molecule has 0 saturated carbocycles. The number of benzene rings is 4. The van der Waals surface area contributed by atoms with Crippen LogP contribution in [0.3, 0.4) is 0 Å². The van der Waals surface area contributed by atoms with Gasteiger partial charge in [-0.15, -0.1) is 0 Å². The molecule has 5 rings (SSSR count). The Balaban J connectivity index is 1.46. The number of aromatic hydroxyl groups is 1. The molecule has 4 heteroatoms. The predicted octanol–water partition coefficient (Wildman–Crippen LogP) is 4.66. The van der Waals surface area contributed by atoms with Gasteiger partial charge in [0.2, 0.25) is 0 Å². The molecule has 1 aliphatic rings. The third-order valence-corrected chi connectivity index (χ3v) is 5.77. The van der Waals surface area contributed by atoms with Crippen LogP contribution in [0.4, 0.5) is 5.69 Å². The Morgan fingerprint density at radius 2 is 1.28 bits per heavy atom. The largest absolute Gasteiger partial charge is 0.508 e. The van der Waals surface area contributed by atoms with E-state index in [0.29, 0.717) is 13.1 Å². The molecule has 144 valence electrons. The van der Waals surface area contributed by atoms with Crippen molar-refractivity contribution in [2.24, 2.45) is 0 Å². The van der Waals surface area contributed by atoms with E-state index >= 15 is 0 Å². The lowest BCUT2D eigenvalue weighted by molar-refractivity contribution is 0.0750. The Kier molecular flexibility index (Phi) is 4.32. The van der Waals surface area contributed by atoms with Crippen LogP contribution in [-0.4, -0.2) is 42.1 Å². The number of amides is 1. The molecule has 4 aromatic carbocycles. The van der Waals surface area contributed by atoms with Crippen molar-refractivity contribution >= 4 is 33.1 Å². The van der Waals surface area contributed by atoms with Crippen LogP contribution in [0.2, 0.25) is 0 Å². The molecular weight excluding hydrogens is 360 g/mol. The van der Waals surface area contributed by atoms with E-state index < -0.39 is 0 Å². The summed E-state index contributed by atoms with van der Waals surface area (Å²) in [5.41, 5.74) is 1.88. The quantitative estimate of drug-likeness (QED) is 0.513. The highest BCUT2D eigenvalue weighted by atomic mass is 16.3. The Morgan fingerprint density at radius 1 is 0.724 bits per heavy atom. The second-order valence-electron chi connectivity index (χ2n) is 7.49. The number of piperazine rings is 1. The highest BCUT2D eigenvalue weighted by Gasteiger charge is 2.25. The zero-order valence-corrected chi connectivity index (χ0v) is 16.1. The van der Waals surface area contributed by atoms with E-state index in [1.807, 2.05) is 53.4 Å². The molecule has 4 nitrogen and oxygen atoms in total. The fourth-order valence-corrected chi connectivity index (χ4v) is 4.23. The van der Waals surface area contributed by atoms with Gasteiger partial charge in [0.1, 0.15) is 5.75 Å². The van der Waals surface area contributed by atoms with Crippen LogP contribution in [0.15, 0.2) is 78.9 Å². The smallest absolute Gasteiger partial charge is 0.255 e. The van der Waals surface area contributed by atoms with Crippen LogP contribution in [0.5, 0.6) is 5.75 Å². The Bertz CT molecular complexity index is 1140. The monoisotopic (exact) mass is 382 g/mol. The van der Waals surface area contributed by atoms with Gasteiger partial charge in [-0.25, -0.2) is 0 Å². The van der Waals surface area contributed by atoms with Crippen molar-refractivity contribution in [3.05, 3.63) is 84.4 Å². The van der Waals surface area contributed by atoms with Gasteiger partial charge in [-0.2, -0.15) is 0 Å². The number of carbonyl (C=O) groups excluding carboxylic acids is 1. The van der Waals surface area contributed by atoms with Gasteiger partial charge >= 0.3 is 0 Å². The summed E-state index contributed by atoms with van der Waals surface area (Å²) in [7, 11) is 0. The molecule has 29 heavy (non-hydrogen) atoms. The standard InChI is InChI=1S/C25H22N2O2/c28-21-11-9-20(10-12-21)26-13-15-27(16-14-26)25(29)24-22-7-3-1-5-18(22)17-19-6-2-4-8-23(19)24/h1-12,17,28H,13-16H2. The number of phenolic OH excluding ortho intramolecular Hbond substituents is 1. The molecule has 0 atom stereocenters. The van der Waals surface area contributed by atoms with Crippen molar-refractivity contribution in [3.63, 3.8) is 0 Å². The molecule has 1 heterocycles. The zero-order chi connectivity index (χ0) is 19.8. The maximum Gasteiger partial charge on any atom is 0.255 e. The van der Waals surface area contributed by atoms with Crippen molar-refractivity contribution < 1.29 is 9.90 Å². The van der Waals surface area contributed by atoms with Crippen LogP contribution < -0.4 is 4.90 Å². The molecule has 0 bridgehead atoms. The van der Waals surface area contributed by atoms with Crippen LogP contribution in [0.1, 0.15) is 10.4 Å². The summed E-state index contributed by atoms with van der Waals surface area (Å²) in [6.45, 7) is 2.91. The maximum atomic E-state index is 13.6. The van der Waals surface area contributed by atoms with Gasteiger partial charge in [-0.05, 0) is 51.9 Å². The minimum Gasteiger partial charge on any atom is -0.508 e. The number of hydrogen-bond donors (Lipinski definition) is 1. The number of anilines is 1. The topological polar surface area (TPSA) is 43.8 Å². The van der Waals surface area contributed by atoms with Crippen LogP contribution in [-0.2, 0) is 0 Å². The van der Waals surface area contributed by atoms with E-state index in [9.17, 15) is 9.90 Å². The minimum absolute atomic E-state index is 0.100. The first-order chi connectivity index (χ1) is 14.2. The predicted molar refractivity (Wildman–Crippen MR) is 118 cm³/mol. The minimum atomic E-state index is 0.100. The molecule has 4 aromatic rings. The lowest BCUT2D eigenvalue weighted by atomic mass is 9.95. The highest BCUT2D eigenvalue weighted by molar-refractivity contribution is 6.18. The molecule has 0 spiro atoms. The first-order valence-electron chi connectivity index (χ1n) is 9.94. The fraction of sp³-hybridized carbons (Fsp3) is 0.160. The molecular formula is C25H22N2O2. The normalized spacial score (nSPS) is 14.5. The lowest BCUT2D eigenvalue weighted by Crippen LogP contribution is -2.48. The van der Waals surface area contributed by atoms with Gasteiger partial charge in [-0.1, -0.05) is 48.5 Å². The second kappa shape index (κ2) is 7.13. The molecule has 0 radical (unpaired) electrons. The first kappa shape index (κ1) is 17.6. The zero-order valence-electron chi connectivity index (χ0n) is 16.1. The highest BCUT2D eigenvalue weighted by Crippen LogP contribution is 2.30. The van der Waals surface area contributed by atoms with Crippen molar-refractivity contribution in [1.29, 1.82) is 0 Å². The first-order valence-corrected chi connectivity index (χ1v) is 9.94. The second-order valence-corrected chi connectivity index (χ2v) is 7.49. The fourth-order valence-electron chi connectivity index (χ4n) is 4.23. The number of carbonyl (C=O) groups is 1. The average Bonchev–Trinajstić information content (AvgIpc) is 2.77. The number of rotatable bonds is 2. The molecule has 0 aromatic heterocycles. The van der Waals surface area contributed by atoms with Crippen LogP contribution in [0.25, 0.3) is 21.5 Å². The van der Waals surface area contributed by atoms with Crippen molar-refractivity contribution in [3.8, 4) is 5.75 Å². The van der Waals surface area contributed by atoms with E-state index in [-0.39, 0.29) is 11.7 Å². The Hall–Kier alpha value is -3.53. The third-order valence-electron chi connectivity index (χ3n) is 5.77. The van der Waals surface area contributed by atoms with Crippen LogP contribution >= 0.6 is 0 Å². The van der Waals surface area contributed by atoms with Crippen molar-refractivity contribution in [2.75, 3.05) is 31.1 Å². The molecule has 1 fully saturated rings. The number of phenols is 1. The van der Waals surface area contributed by atoms with Gasteiger partial charge in [-0.3, -0.25) is 4.79 Å². The Morgan fingerprint density at radius 3 is 1.86 bits per heavy atom. The van der Waals surface area contributed by atoms with E-state index in [1.54, 1.807) is 12.1 Å². The summed E-state index contributed by atoms with van der Waals surface area (Å²) in [5, 5.41) is 13.7. The Labute approximate surface area is 169 Å². The average molecular weight is 382 g/mol. The summed E-state index contributed by atoms with van der Waals surface area (Å²) in [6, 6.07) is 25.7. The summed E-state index contributed by atoms with van der Waals surface area (Å²) < 4.78 is 0. The van der Waals surface area contributed by atoms with Gasteiger partial charge < -0.3 is 14.9 Å². The maximum absolute atomic E-state index is 13.6.